The Morgan fingerprint density at radius 2 is 1.78 bits per heavy atom. The zero-order valence-electron chi connectivity index (χ0n) is 19.3. The van der Waals surface area contributed by atoms with Crippen LogP contribution < -0.4 is 5.32 Å². The Morgan fingerprint density at radius 1 is 0.944 bits per heavy atom. The first kappa shape index (κ1) is 21.7. The van der Waals surface area contributed by atoms with E-state index in [0.717, 1.165) is 44.2 Å². The number of fused-ring (bicyclic) bond motifs is 2. The second kappa shape index (κ2) is 8.74. The number of nitrogens with one attached hydrogen (secondary N) is 3. The molecular weight excluding hydrogens is 455 g/mol. The molecule has 36 heavy (non-hydrogen) atoms. The van der Waals surface area contributed by atoms with Crippen LogP contribution in [-0.4, -0.2) is 31.1 Å². The van der Waals surface area contributed by atoms with Gasteiger partial charge in [-0.15, -0.1) is 0 Å². The first-order valence-corrected chi connectivity index (χ1v) is 11.6. The van der Waals surface area contributed by atoms with Gasteiger partial charge in [0, 0.05) is 29.1 Å². The number of hydrogen-bond acceptors (Lipinski definition) is 4. The third kappa shape index (κ3) is 3.88. The van der Waals surface area contributed by atoms with Gasteiger partial charge in [-0.05, 0) is 47.5 Å². The third-order valence-corrected chi connectivity index (χ3v) is 6.13. The van der Waals surface area contributed by atoms with E-state index in [4.69, 9.17) is 4.98 Å². The van der Waals surface area contributed by atoms with Crippen molar-refractivity contribution in [3.05, 3.63) is 84.9 Å². The molecule has 0 aliphatic heterocycles. The molecule has 176 valence electrons. The number of halogens is 1. The molecule has 7 nitrogen and oxygen atoms in total. The Balaban J connectivity index is 1.42. The minimum atomic E-state index is -0.277. The van der Waals surface area contributed by atoms with Crippen LogP contribution in [-0.2, 0) is 4.79 Å². The molecule has 0 saturated heterocycles. The van der Waals surface area contributed by atoms with Crippen molar-refractivity contribution < 1.29 is 9.18 Å². The van der Waals surface area contributed by atoms with Gasteiger partial charge in [0.25, 0.3) is 0 Å². The van der Waals surface area contributed by atoms with E-state index >= 15 is 0 Å². The van der Waals surface area contributed by atoms with Gasteiger partial charge in [-0.3, -0.25) is 14.9 Å². The van der Waals surface area contributed by atoms with Crippen LogP contribution in [0.15, 0.2) is 79.1 Å². The monoisotopic (exact) mass is 476 g/mol. The molecule has 0 unspecified atom stereocenters. The molecule has 3 N–H and O–H groups in total. The van der Waals surface area contributed by atoms with Gasteiger partial charge in [0.05, 0.1) is 28.4 Å². The molecule has 3 aromatic heterocycles. The minimum Gasteiger partial charge on any atom is -0.337 e. The standard InChI is InChI=1S/C28H21FN6O/c1-2-25(36)31-20-12-18(14-30-15-20)17-8-11-23-22(13-17)27(35-34-23)28-32-24-5-3-4-21(26(24)33-28)16-6-9-19(29)10-7-16/h3-15H,2H2,1H3,(H,31,36)(H,32,33)(H,34,35). The minimum absolute atomic E-state index is 0.0635. The van der Waals surface area contributed by atoms with Gasteiger partial charge in [-0.1, -0.05) is 37.3 Å². The number of imidazole rings is 1. The van der Waals surface area contributed by atoms with Crippen molar-refractivity contribution in [1.82, 2.24) is 25.1 Å². The summed E-state index contributed by atoms with van der Waals surface area (Å²) in [5.41, 5.74) is 7.47. The number of rotatable bonds is 5. The summed E-state index contributed by atoms with van der Waals surface area (Å²) >= 11 is 0. The summed E-state index contributed by atoms with van der Waals surface area (Å²) in [7, 11) is 0. The molecule has 0 saturated carbocycles. The third-order valence-electron chi connectivity index (χ3n) is 6.13. The van der Waals surface area contributed by atoms with Crippen molar-refractivity contribution in [3.63, 3.8) is 0 Å². The lowest BCUT2D eigenvalue weighted by Crippen LogP contribution is -2.09. The van der Waals surface area contributed by atoms with E-state index in [1.807, 2.05) is 49.4 Å². The van der Waals surface area contributed by atoms with Crippen LogP contribution >= 0.6 is 0 Å². The van der Waals surface area contributed by atoms with E-state index in [-0.39, 0.29) is 11.7 Å². The van der Waals surface area contributed by atoms with E-state index < -0.39 is 0 Å². The number of carbonyl (C=O) groups excluding carboxylic acids is 1. The van der Waals surface area contributed by atoms with Crippen LogP contribution in [0.1, 0.15) is 13.3 Å². The summed E-state index contributed by atoms with van der Waals surface area (Å²) in [5, 5.41) is 11.4. The number of nitrogens with zero attached hydrogens (tertiary/aromatic N) is 3. The van der Waals surface area contributed by atoms with E-state index in [2.05, 4.69) is 25.5 Å². The van der Waals surface area contributed by atoms with Crippen LogP contribution in [0, 0.1) is 5.82 Å². The number of pyridine rings is 1. The van der Waals surface area contributed by atoms with E-state index in [9.17, 15) is 9.18 Å². The number of aromatic amines is 2. The van der Waals surface area contributed by atoms with Gasteiger partial charge >= 0.3 is 0 Å². The summed E-state index contributed by atoms with van der Waals surface area (Å²) in [6.07, 6.45) is 3.79. The fraction of sp³-hybridized carbons (Fsp3) is 0.0714. The number of carbonyl (C=O) groups is 1. The number of H-pyrrole nitrogens is 2. The summed E-state index contributed by atoms with van der Waals surface area (Å²) in [6, 6.07) is 20.1. The molecule has 0 bridgehead atoms. The highest BCUT2D eigenvalue weighted by atomic mass is 19.1. The van der Waals surface area contributed by atoms with Gasteiger partial charge in [0.2, 0.25) is 5.91 Å². The lowest BCUT2D eigenvalue weighted by atomic mass is 10.0. The summed E-state index contributed by atoms with van der Waals surface area (Å²) < 4.78 is 13.4. The second-order valence-electron chi connectivity index (χ2n) is 8.49. The molecule has 3 heterocycles. The van der Waals surface area contributed by atoms with Gasteiger partial charge in [0.1, 0.15) is 11.5 Å². The molecule has 3 aromatic carbocycles. The fourth-order valence-corrected chi connectivity index (χ4v) is 4.30. The van der Waals surface area contributed by atoms with Crippen molar-refractivity contribution in [2.45, 2.75) is 13.3 Å². The molecular formula is C28H21FN6O. The second-order valence-corrected chi connectivity index (χ2v) is 8.49. The van der Waals surface area contributed by atoms with Crippen LogP contribution in [0.25, 0.3) is 55.7 Å². The highest BCUT2D eigenvalue weighted by Gasteiger charge is 2.16. The number of aromatic nitrogens is 5. The first-order valence-electron chi connectivity index (χ1n) is 11.6. The van der Waals surface area contributed by atoms with Crippen molar-refractivity contribution in [2.24, 2.45) is 0 Å². The van der Waals surface area contributed by atoms with E-state index in [1.165, 1.54) is 12.1 Å². The lowest BCUT2D eigenvalue weighted by molar-refractivity contribution is -0.115. The van der Waals surface area contributed by atoms with E-state index in [1.54, 1.807) is 24.5 Å². The Hall–Kier alpha value is -4.85. The maximum atomic E-state index is 13.4. The van der Waals surface area contributed by atoms with Crippen molar-refractivity contribution in [2.75, 3.05) is 5.32 Å². The number of anilines is 1. The first-order chi connectivity index (χ1) is 17.6. The molecule has 0 atom stereocenters. The molecule has 0 spiro atoms. The number of amides is 1. The maximum Gasteiger partial charge on any atom is 0.224 e. The van der Waals surface area contributed by atoms with Crippen molar-refractivity contribution >= 4 is 33.5 Å². The topological polar surface area (TPSA) is 99.3 Å². The number of hydrogen-bond donors (Lipinski definition) is 3. The van der Waals surface area contributed by atoms with Gasteiger partial charge in [-0.25, -0.2) is 9.37 Å². The molecule has 8 heteroatoms. The molecule has 6 aromatic rings. The Labute approximate surface area is 205 Å². The van der Waals surface area contributed by atoms with Crippen LogP contribution in [0.2, 0.25) is 0 Å². The van der Waals surface area contributed by atoms with Crippen molar-refractivity contribution in [1.29, 1.82) is 0 Å². The summed E-state index contributed by atoms with van der Waals surface area (Å²) in [5.74, 6) is 0.289. The molecule has 6 rings (SSSR count). The number of para-hydroxylation sites is 1. The molecule has 0 aliphatic rings. The SMILES string of the molecule is CCC(=O)Nc1cncc(-c2ccc3[nH]nc(-c4nc5c(-c6ccc(F)cc6)cccc5[nH]4)c3c2)c1. The zero-order valence-corrected chi connectivity index (χ0v) is 19.3. The van der Waals surface area contributed by atoms with Gasteiger partial charge in [-0.2, -0.15) is 5.10 Å². The quantitative estimate of drug-likeness (QED) is 0.271. The van der Waals surface area contributed by atoms with E-state index in [0.29, 0.717) is 23.6 Å². The highest BCUT2D eigenvalue weighted by Crippen LogP contribution is 2.33. The average Bonchev–Trinajstić information content (AvgIpc) is 3.53. The van der Waals surface area contributed by atoms with Crippen LogP contribution in [0.5, 0.6) is 0 Å². The smallest absolute Gasteiger partial charge is 0.224 e. The normalized spacial score (nSPS) is 11.3. The van der Waals surface area contributed by atoms with Crippen LogP contribution in [0.4, 0.5) is 10.1 Å². The van der Waals surface area contributed by atoms with Gasteiger partial charge in [0.15, 0.2) is 5.82 Å². The fourth-order valence-electron chi connectivity index (χ4n) is 4.30. The Bertz CT molecular complexity index is 1740. The Kier molecular flexibility index (Phi) is 5.26. The molecule has 0 radical (unpaired) electrons. The van der Waals surface area contributed by atoms with Gasteiger partial charge < -0.3 is 10.3 Å². The molecule has 0 aliphatic carbocycles. The average molecular weight is 477 g/mol. The van der Waals surface area contributed by atoms with Crippen molar-refractivity contribution in [3.8, 4) is 33.8 Å². The lowest BCUT2D eigenvalue weighted by Gasteiger charge is -2.06. The molecule has 0 fully saturated rings. The Morgan fingerprint density at radius 3 is 2.61 bits per heavy atom. The highest BCUT2D eigenvalue weighted by molar-refractivity contribution is 5.98. The zero-order chi connectivity index (χ0) is 24.6. The van der Waals surface area contributed by atoms with Crippen LogP contribution in [0.3, 0.4) is 0 Å². The summed E-state index contributed by atoms with van der Waals surface area (Å²) in [6.45, 7) is 1.81. The maximum absolute atomic E-state index is 13.4. The summed E-state index contributed by atoms with van der Waals surface area (Å²) in [4.78, 5) is 24.3. The number of benzene rings is 3. The largest absolute Gasteiger partial charge is 0.337 e. The predicted molar refractivity (Wildman–Crippen MR) is 139 cm³/mol. The molecule has 1 amide bonds. The predicted octanol–water partition coefficient (Wildman–Crippen LogP) is 6.32.